The van der Waals surface area contributed by atoms with E-state index in [0.717, 1.165) is 11.4 Å². The van der Waals surface area contributed by atoms with Crippen LogP contribution in [-0.4, -0.2) is 47.4 Å². The third-order valence-corrected chi connectivity index (χ3v) is 6.51. The van der Waals surface area contributed by atoms with Crippen LogP contribution in [-0.2, 0) is 26.0 Å². The first-order valence-corrected chi connectivity index (χ1v) is 9.23. The average molecular weight is 334 g/mol. The summed E-state index contributed by atoms with van der Waals surface area (Å²) in [5, 5.41) is 3.18. The van der Waals surface area contributed by atoms with Crippen LogP contribution < -0.4 is 10.0 Å². The highest BCUT2D eigenvalue weighted by Gasteiger charge is 2.36. The average Bonchev–Trinajstić information content (AvgIpc) is 3.13. The van der Waals surface area contributed by atoms with E-state index in [9.17, 15) is 8.42 Å². The third-order valence-electron chi connectivity index (χ3n) is 3.54. The number of ether oxygens (including phenoxy) is 2. The Hall–Kier alpha value is -0.510. The van der Waals surface area contributed by atoms with Gasteiger partial charge in [0.1, 0.15) is 9.81 Å². The Kier molecular flexibility index (Phi) is 5.75. The first-order valence-electron chi connectivity index (χ1n) is 6.93. The quantitative estimate of drug-likeness (QED) is 0.740. The van der Waals surface area contributed by atoms with Crippen LogP contribution in [0.25, 0.3) is 0 Å². The number of thiophene rings is 1. The highest BCUT2D eigenvalue weighted by Crippen LogP contribution is 2.24. The number of nitrogens with one attached hydrogen (secondary N) is 2. The van der Waals surface area contributed by atoms with Crippen molar-refractivity contribution in [2.24, 2.45) is 0 Å². The molecule has 0 bridgehead atoms. The molecule has 0 amide bonds. The molecule has 6 nitrogen and oxygen atoms in total. The van der Waals surface area contributed by atoms with Crippen molar-refractivity contribution in [1.82, 2.24) is 10.0 Å². The fraction of sp³-hybridized carbons (Fsp3) is 0.692. The van der Waals surface area contributed by atoms with Crippen LogP contribution in [0.1, 0.15) is 18.2 Å². The highest BCUT2D eigenvalue weighted by molar-refractivity contribution is 7.91. The number of methoxy groups -OCH3 is 1. The summed E-state index contributed by atoms with van der Waals surface area (Å²) < 4.78 is 38.3. The van der Waals surface area contributed by atoms with Gasteiger partial charge in [-0.1, -0.05) is 6.92 Å². The zero-order valence-electron chi connectivity index (χ0n) is 12.3. The molecule has 0 aromatic carbocycles. The Balaban J connectivity index is 1.99. The number of hydrogen-bond donors (Lipinski definition) is 2. The van der Waals surface area contributed by atoms with E-state index in [2.05, 4.69) is 10.0 Å². The van der Waals surface area contributed by atoms with Gasteiger partial charge in [-0.15, -0.1) is 11.3 Å². The molecule has 0 saturated carbocycles. The van der Waals surface area contributed by atoms with Crippen molar-refractivity contribution in [3.05, 3.63) is 17.0 Å². The molecular weight excluding hydrogens is 312 g/mol. The molecule has 21 heavy (non-hydrogen) atoms. The third kappa shape index (κ3) is 4.24. The summed E-state index contributed by atoms with van der Waals surface area (Å²) in [6.45, 7) is 4.80. The van der Waals surface area contributed by atoms with Crippen molar-refractivity contribution in [3.8, 4) is 0 Å². The Labute approximate surface area is 129 Å². The summed E-state index contributed by atoms with van der Waals surface area (Å²) in [6, 6.07) is 3.48. The second-order valence-electron chi connectivity index (χ2n) is 5.02. The summed E-state index contributed by atoms with van der Waals surface area (Å²) in [4.78, 5) is 1.00. The van der Waals surface area contributed by atoms with Crippen molar-refractivity contribution in [3.63, 3.8) is 0 Å². The van der Waals surface area contributed by atoms with Gasteiger partial charge in [-0.2, -0.15) is 0 Å². The van der Waals surface area contributed by atoms with E-state index >= 15 is 0 Å². The van der Waals surface area contributed by atoms with Crippen LogP contribution in [0.2, 0.25) is 0 Å². The Morgan fingerprint density at radius 2 is 2.29 bits per heavy atom. The fourth-order valence-corrected chi connectivity index (χ4v) is 4.59. The van der Waals surface area contributed by atoms with Gasteiger partial charge in [0.05, 0.1) is 6.61 Å². The Morgan fingerprint density at radius 3 is 2.90 bits per heavy atom. The van der Waals surface area contributed by atoms with Crippen molar-refractivity contribution >= 4 is 21.4 Å². The van der Waals surface area contributed by atoms with E-state index in [4.69, 9.17) is 9.47 Å². The summed E-state index contributed by atoms with van der Waals surface area (Å²) in [5.41, 5.74) is -0.545. The molecule has 1 aliphatic heterocycles. The van der Waals surface area contributed by atoms with Gasteiger partial charge in [-0.3, -0.25) is 0 Å². The van der Waals surface area contributed by atoms with E-state index in [1.807, 2.05) is 13.0 Å². The van der Waals surface area contributed by atoms with Crippen LogP contribution in [0.4, 0.5) is 0 Å². The van der Waals surface area contributed by atoms with Crippen molar-refractivity contribution in [1.29, 1.82) is 0 Å². The largest absolute Gasteiger partial charge is 0.378 e. The maximum absolute atomic E-state index is 12.3. The predicted octanol–water partition coefficient (Wildman–Crippen LogP) is 0.941. The van der Waals surface area contributed by atoms with Gasteiger partial charge in [0.25, 0.3) is 0 Å². The summed E-state index contributed by atoms with van der Waals surface area (Å²) in [7, 11) is -1.91. The molecule has 2 heterocycles. The van der Waals surface area contributed by atoms with Gasteiger partial charge in [-0.05, 0) is 18.7 Å². The summed E-state index contributed by atoms with van der Waals surface area (Å²) in [6.07, 6.45) is 0.697. The molecule has 1 fully saturated rings. The number of rotatable bonds is 8. The van der Waals surface area contributed by atoms with E-state index in [-0.39, 0.29) is 6.54 Å². The lowest BCUT2D eigenvalue weighted by atomic mass is 10.0. The van der Waals surface area contributed by atoms with Gasteiger partial charge < -0.3 is 14.8 Å². The van der Waals surface area contributed by atoms with Crippen LogP contribution in [0.15, 0.2) is 16.3 Å². The van der Waals surface area contributed by atoms with E-state index in [1.165, 1.54) is 11.3 Å². The zero-order valence-corrected chi connectivity index (χ0v) is 14.0. The molecule has 0 radical (unpaired) electrons. The molecule has 0 spiro atoms. The fourth-order valence-electron chi connectivity index (χ4n) is 2.10. The molecule has 120 valence electrons. The van der Waals surface area contributed by atoms with Crippen molar-refractivity contribution in [2.75, 3.05) is 33.4 Å². The van der Waals surface area contributed by atoms with Crippen LogP contribution >= 0.6 is 11.3 Å². The molecule has 8 heteroatoms. The second-order valence-corrected chi connectivity index (χ2v) is 8.18. The smallest absolute Gasteiger partial charge is 0.250 e. The Bertz CT molecular complexity index is 550. The molecule has 1 aromatic heterocycles. The summed E-state index contributed by atoms with van der Waals surface area (Å²) >= 11 is 1.28. The van der Waals surface area contributed by atoms with E-state index in [0.29, 0.717) is 30.4 Å². The first-order chi connectivity index (χ1) is 10.0. The van der Waals surface area contributed by atoms with Gasteiger partial charge in [0, 0.05) is 38.1 Å². The topological polar surface area (TPSA) is 76.7 Å². The molecule has 1 unspecified atom stereocenters. The molecule has 1 aromatic rings. The molecule has 0 aliphatic carbocycles. The second kappa shape index (κ2) is 7.17. The van der Waals surface area contributed by atoms with Crippen LogP contribution in [0.5, 0.6) is 0 Å². The van der Waals surface area contributed by atoms with Gasteiger partial charge in [0.2, 0.25) is 10.0 Å². The number of hydrogen-bond acceptors (Lipinski definition) is 6. The number of sulfonamides is 1. The SMILES string of the molecule is CCNCc1ccc(S(=O)(=O)NCC2(OC)CCOC2)s1. The molecular formula is C13H22N2O4S2. The normalized spacial score (nSPS) is 22.8. The highest BCUT2D eigenvalue weighted by atomic mass is 32.2. The van der Waals surface area contributed by atoms with Gasteiger partial charge in [0.15, 0.2) is 0 Å². The van der Waals surface area contributed by atoms with E-state index < -0.39 is 15.6 Å². The molecule has 1 saturated heterocycles. The molecule has 1 aliphatic rings. The minimum absolute atomic E-state index is 0.228. The monoisotopic (exact) mass is 334 g/mol. The van der Waals surface area contributed by atoms with Gasteiger partial charge in [-0.25, -0.2) is 13.1 Å². The van der Waals surface area contributed by atoms with E-state index in [1.54, 1.807) is 13.2 Å². The van der Waals surface area contributed by atoms with Crippen molar-refractivity contribution < 1.29 is 17.9 Å². The molecule has 1 atom stereocenters. The van der Waals surface area contributed by atoms with Crippen molar-refractivity contribution in [2.45, 2.75) is 29.7 Å². The lowest BCUT2D eigenvalue weighted by Crippen LogP contribution is -2.44. The maximum atomic E-state index is 12.3. The molecule has 2 N–H and O–H groups in total. The lowest BCUT2D eigenvalue weighted by Gasteiger charge is -2.25. The predicted molar refractivity (Wildman–Crippen MR) is 82.1 cm³/mol. The lowest BCUT2D eigenvalue weighted by molar-refractivity contribution is -0.0120. The van der Waals surface area contributed by atoms with Crippen LogP contribution in [0.3, 0.4) is 0 Å². The van der Waals surface area contributed by atoms with Gasteiger partial charge >= 0.3 is 0 Å². The van der Waals surface area contributed by atoms with Crippen LogP contribution in [0, 0.1) is 0 Å². The maximum Gasteiger partial charge on any atom is 0.250 e. The molecule has 2 rings (SSSR count). The Morgan fingerprint density at radius 1 is 1.48 bits per heavy atom. The first kappa shape index (κ1) is 16.9. The summed E-state index contributed by atoms with van der Waals surface area (Å²) in [5.74, 6) is 0. The standard InChI is InChI=1S/C13H22N2O4S2/c1-3-14-8-11-4-5-12(20-11)21(16,17)15-9-13(18-2)6-7-19-10-13/h4-5,14-15H,3,6-10H2,1-2H3. The minimum Gasteiger partial charge on any atom is -0.378 e. The minimum atomic E-state index is -3.49. The zero-order chi connectivity index (χ0) is 15.3.